The highest BCUT2D eigenvalue weighted by molar-refractivity contribution is 7.12. The zero-order chi connectivity index (χ0) is 13.1. The molecule has 0 aliphatic heterocycles. The molecule has 3 nitrogen and oxygen atoms in total. The number of nitrogens with two attached hydrogens (primary N) is 1. The maximum atomic E-state index is 12.3. The van der Waals surface area contributed by atoms with E-state index in [0.717, 1.165) is 16.2 Å². The molecule has 96 valence electrons. The van der Waals surface area contributed by atoms with Crippen LogP contribution < -0.4 is 5.73 Å². The van der Waals surface area contributed by atoms with Crippen molar-refractivity contribution in [3.63, 3.8) is 0 Å². The van der Waals surface area contributed by atoms with Gasteiger partial charge in [0.15, 0.2) is 0 Å². The predicted molar refractivity (Wildman–Crippen MR) is 61.0 cm³/mol. The number of rotatable bonds is 4. The van der Waals surface area contributed by atoms with Gasteiger partial charge in [0.1, 0.15) is 11.4 Å². The highest BCUT2D eigenvalue weighted by Crippen LogP contribution is 2.23. The first-order valence-electron chi connectivity index (χ1n) is 5.04. The summed E-state index contributed by atoms with van der Waals surface area (Å²) in [5, 5.41) is 1.58. The fraction of sp³-hybridized carbons (Fsp3) is 0.500. The van der Waals surface area contributed by atoms with E-state index >= 15 is 0 Å². The molecule has 0 radical (unpaired) electrons. The van der Waals surface area contributed by atoms with Crippen molar-refractivity contribution in [1.29, 1.82) is 0 Å². The van der Waals surface area contributed by atoms with Gasteiger partial charge in [-0.2, -0.15) is 13.2 Å². The first kappa shape index (κ1) is 13.8. The van der Waals surface area contributed by atoms with Crippen LogP contribution >= 0.6 is 11.3 Å². The summed E-state index contributed by atoms with van der Waals surface area (Å²) >= 11 is 1.05. The van der Waals surface area contributed by atoms with Gasteiger partial charge in [0.25, 0.3) is 5.91 Å². The summed E-state index contributed by atoms with van der Waals surface area (Å²) in [6.45, 7) is 0.543. The van der Waals surface area contributed by atoms with Gasteiger partial charge < -0.3 is 10.6 Å². The number of alkyl halides is 3. The smallest absolute Gasteiger partial charge is 0.397 e. The molecule has 1 aromatic heterocycles. The first-order chi connectivity index (χ1) is 7.85. The second kappa shape index (κ2) is 5.39. The summed E-state index contributed by atoms with van der Waals surface area (Å²) in [7, 11) is 0. The topological polar surface area (TPSA) is 46.3 Å². The van der Waals surface area contributed by atoms with Gasteiger partial charge in [0, 0.05) is 6.54 Å². The minimum absolute atomic E-state index is 0.0652. The molecule has 1 aromatic rings. The van der Waals surface area contributed by atoms with E-state index < -0.39 is 18.6 Å². The van der Waals surface area contributed by atoms with Crippen molar-refractivity contribution in [2.24, 2.45) is 0 Å². The van der Waals surface area contributed by atoms with E-state index in [1.54, 1.807) is 12.3 Å². The molecule has 0 aliphatic rings. The molecule has 0 aromatic carbocycles. The number of carbonyl (C=O) groups excluding carboxylic acids is 1. The van der Waals surface area contributed by atoms with E-state index in [4.69, 9.17) is 5.73 Å². The van der Waals surface area contributed by atoms with Crippen molar-refractivity contribution in [1.82, 2.24) is 4.90 Å². The number of thiophene rings is 1. The van der Waals surface area contributed by atoms with Crippen molar-refractivity contribution in [3.05, 3.63) is 16.3 Å². The number of nitrogen functional groups attached to an aromatic ring is 1. The van der Waals surface area contributed by atoms with E-state index in [1.165, 1.54) is 6.07 Å². The van der Waals surface area contributed by atoms with Crippen LogP contribution in [0.15, 0.2) is 11.4 Å². The lowest BCUT2D eigenvalue weighted by Gasteiger charge is -2.23. The Balaban J connectivity index is 2.84. The lowest BCUT2D eigenvalue weighted by Crippen LogP contribution is -2.39. The van der Waals surface area contributed by atoms with Crippen LogP contribution in [0.2, 0.25) is 0 Å². The molecule has 2 N–H and O–H groups in total. The molecule has 0 spiro atoms. The molecule has 0 fully saturated rings. The normalized spacial score (nSPS) is 11.5. The van der Waals surface area contributed by atoms with Crippen LogP contribution in [0.5, 0.6) is 0 Å². The zero-order valence-corrected chi connectivity index (χ0v) is 10.1. The Morgan fingerprint density at radius 3 is 2.59 bits per heavy atom. The lowest BCUT2D eigenvalue weighted by atomic mass is 10.3. The second-order valence-corrected chi connectivity index (χ2v) is 4.46. The van der Waals surface area contributed by atoms with Gasteiger partial charge in [-0.25, -0.2) is 0 Å². The van der Waals surface area contributed by atoms with Gasteiger partial charge in [-0.1, -0.05) is 6.92 Å². The molecule has 0 bridgehead atoms. The SMILES string of the molecule is CCCN(CC(F)(F)F)C(=O)c1sccc1N. The molecule has 7 heteroatoms. The fourth-order valence-electron chi connectivity index (χ4n) is 1.38. The van der Waals surface area contributed by atoms with Crippen molar-refractivity contribution in [2.75, 3.05) is 18.8 Å². The Morgan fingerprint density at radius 1 is 1.53 bits per heavy atom. The van der Waals surface area contributed by atoms with Crippen LogP contribution in [0.1, 0.15) is 23.0 Å². The van der Waals surface area contributed by atoms with E-state index in [2.05, 4.69) is 0 Å². The highest BCUT2D eigenvalue weighted by Gasteiger charge is 2.33. The molecule has 0 saturated heterocycles. The molecule has 1 rings (SSSR count). The minimum atomic E-state index is -4.39. The summed E-state index contributed by atoms with van der Waals surface area (Å²) in [5.74, 6) is -0.656. The monoisotopic (exact) mass is 266 g/mol. The first-order valence-corrected chi connectivity index (χ1v) is 5.92. The van der Waals surface area contributed by atoms with Gasteiger partial charge in [0.05, 0.1) is 5.69 Å². The third-order valence-electron chi connectivity index (χ3n) is 2.04. The predicted octanol–water partition coefficient (Wildman–Crippen LogP) is 2.74. The third-order valence-corrected chi connectivity index (χ3v) is 2.96. The number of anilines is 1. The molecule has 0 unspecified atom stereocenters. The molecule has 1 amide bonds. The van der Waals surface area contributed by atoms with Gasteiger partial charge in [-0.3, -0.25) is 4.79 Å². The standard InChI is InChI=1S/C10H13F3N2OS/c1-2-4-15(6-10(11,12)13)9(16)8-7(14)3-5-17-8/h3,5H,2,4,6,14H2,1H3. The summed E-state index contributed by atoms with van der Waals surface area (Å²) in [6.07, 6.45) is -3.93. The van der Waals surface area contributed by atoms with Gasteiger partial charge in [-0.05, 0) is 17.9 Å². The Morgan fingerprint density at radius 2 is 2.18 bits per heavy atom. The van der Waals surface area contributed by atoms with E-state index in [0.29, 0.717) is 6.42 Å². The third kappa shape index (κ3) is 3.92. The van der Waals surface area contributed by atoms with E-state index in [9.17, 15) is 18.0 Å². The van der Waals surface area contributed by atoms with Crippen LogP contribution in [0, 0.1) is 0 Å². The van der Waals surface area contributed by atoms with Crippen LogP contribution in [0.25, 0.3) is 0 Å². The Labute approximate surface area is 101 Å². The maximum Gasteiger partial charge on any atom is 0.406 e. The maximum absolute atomic E-state index is 12.3. The Hall–Kier alpha value is -1.24. The molecular formula is C10H13F3N2OS. The number of hydrogen-bond acceptors (Lipinski definition) is 3. The number of carbonyl (C=O) groups is 1. The van der Waals surface area contributed by atoms with Crippen molar-refractivity contribution >= 4 is 22.9 Å². The molecule has 1 heterocycles. The summed E-state index contributed by atoms with van der Waals surface area (Å²) in [6, 6.07) is 1.51. The number of halogens is 3. The number of nitrogens with zero attached hydrogens (tertiary/aromatic N) is 1. The lowest BCUT2D eigenvalue weighted by molar-refractivity contribution is -0.140. The molecule has 17 heavy (non-hydrogen) atoms. The fourth-order valence-corrected chi connectivity index (χ4v) is 2.16. The largest absolute Gasteiger partial charge is 0.406 e. The van der Waals surface area contributed by atoms with E-state index in [1.807, 2.05) is 0 Å². The quantitative estimate of drug-likeness (QED) is 0.910. The number of amides is 1. The molecule has 0 saturated carbocycles. The number of hydrogen-bond donors (Lipinski definition) is 1. The van der Waals surface area contributed by atoms with Crippen molar-refractivity contribution in [3.8, 4) is 0 Å². The second-order valence-electron chi connectivity index (χ2n) is 3.55. The summed E-state index contributed by atoms with van der Waals surface area (Å²) in [4.78, 5) is 12.8. The van der Waals surface area contributed by atoms with Gasteiger partial charge >= 0.3 is 6.18 Å². The average Bonchev–Trinajstić information content (AvgIpc) is 2.61. The van der Waals surface area contributed by atoms with Gasteiger partial charge in [0.2, 0.25) is 0 Å². The summed E-state index contributed by atoms with van der Waals surface area (Å²) < 4.78 is 36.9. The zero-order valence-electron chi connectivity index (χ0n) is 9.25. The van der Waals surface area contributed by atoms with Crippen molar-refractivity contribution in [2.45, 2.75) is 19.5 Å². The summed E-state index contributed by atoms with van der Waals surface area (Å²) in [5.41, 5.74) is 5.75. The highest BCUT2D eigenvalue weighted by atomic mass is 32.1. The van der Waals surface area contributed by atoms with Crippen LogP contribution in [-0.2, 0) is 0 Å². The molecule has 0 atom stereocenters. The minimum Gasteiger partial charge on any atom is -0.397 e. The molecular weight excluding hydrogens is 253 g/mol. The van der Waals surface area contributed by atoms with Crippen LogP contribution in [0.4, 0.5) is 18.9 Å². The van der Waals surface area contributed by atoms with Crippen LogP contribution in [0.3, 0.4) is 0 Å². The van der Waals surface area contributed by atoms with Gasteiger partial charge in [-0.15, -0.1) is 11.3 Å². The Bertz CT molecular complexity index is 389. The van der Waals surface area contributed by atoms with Crippen LogP contribution in [-0.4, -0.2) is 30.1 Å². The van der Waals surface area contributed by atoms with Crippen molar-refractivity contribution < 1.29 is 18.0 Å². The average molecular weight is 266 g/mol. The van der Waals surface area contributed by atoms with E-state index in [-0.39, 0.29) is 17.1 Å². The Kier molecular flexibility index (Phi) is 4.39. The molecule has 0 aliphatic carbocycles.